The molecule has 0 bridgehead atoms. The van der Waals surface area contributed by atoms with E-state index in [0.29, 0.717) is 0 Å². The molecule has 126 valence electrons. The summed E-state index contributed by atoms with van der Waals surface area (Å²) in [7, 11) is 0. The highest BCUT2D eigenvalue weighted by Crippen LogP contribution is 2.19. The van der Waals surface area contributed by atoms with Crippen molar-refractivity contribution in [3.05, 3.63) is 29.8 Å². The van der Waals surface area contributed by atoms with Gasteiger partial charge in [-0.05, 0) is 42.8 Å². The van der Waals surface area contributed by atoms with E-state index in [4.69, 9.17) is 18.0 Å². The normalized spacial score (nSPS) is 16.2. The van der Waals surface area contributed by atoms with Crippen molar-refractivity contribution in [2.24, 2.45) is 10.8 Å². The van der Waals surface area contributed by atoms with Gasteiger partial charge in [0.25, 0.3) is 0 Å². The van der Waals surface area contributed by atoms with Gasteiger partial charge >= 0.3 is 0 Å². The monoisotopic (exact) mass is 333 g/mol. The first-order chi connectivity index (χ1) is 11.1. The van der Waals surface area contributed by atoms with Gasteiger partial charge in [0, 0.05) is 37.9 Å². The van der Waals surface area contributed by atoms with Crippen LogP contribution in [0.1, 0.15) is 32.3 Å². The lowest BCUT2D eigenvalue weighted by Gasteiger charge is -2.39. The molecule has 0 radical (unpaired) electrons. The highest BCUT2D eigenvalue weighted by Gasteiger charge is 2.21. The first kappa shape index (κ1) is 17.7. The van der Waals surface area contributed by atoms with Gasteiger partial charge in [0.15, 0.2) is 5.11 Å². The number of nitrogens with one attached hydrogen (secondary N) is 1. The summed E-state index contributed by atoms with van der Waals surface area (Å²) in [5.74, 6) is 0. The number of benzene rings is 1. The molecule has 0 aromatic heterocycles. The molecular formula is C17H27N5S. The van der Waals surface area contributed by atoms with Crippen LogP contribution in [0.4, 0.5) is 5.69 Å². The van der Waals surface area contributed by atoms with Crippen LogP contribution in [0.15, 0.2) is 29.4 Å². The van der Waals surface area contributed by atoms with Crippen LogP contribution in [0, 0.1) is 0 Å². The Kier molecular flexibility index (Phi) is 6.80. The van der Waals surface area contributed by atoms with Crippen LogP contribution in [0.5, 0.6) is 0 Å². The predicted molar refractivity (Wildman–Crippen MR) is 102 cm³/mol. The molecule has 1 heterocycles. The van der Waals surface area contributed by atoms with E-state index in [-0.39, 0.29) is 5.11 Å². The average molecular weight is 334 g/mol. The molecule has 2 rings (SSSR count). The van der Waals surface area contributed by atoms with Gasteiger partial charge in [-0.25, -0.2) is 0 Å². The minimum absolute atomic E-state index is 0.174. The fourth-order valence-electron chi connectivity index (χ4n) is 3.09. The Balaban J connectivity index is 1.89. The van der Waals surface area contributed by atoms with Crippen LogP contribution in [-0.2, 0) is 0 Å². The quantitative estimate of drug-likeness (QED) is 0.475. The molecule has 5 nitrogen and oxygen atoms in total. The van der Waals surface area contributed by atoms with Gasteiger partial charge in [0.05, 0.1) is 6.21 Å². The molecule has 0 amide bonds. The number of nitrogens with two attached hydrogens (primary N) is 1. The number of hydrogen-bond acceptors (Lipinski definition) is 4. The van der Waals surface area contributed by atoms with Gasteiger partial charge in [-0.15, -0.1) is 0 Å². The third-order valence-electron chi connectivity index (χ3n) is 4.42. The predicted octanol–water partition coefficient (Wildman–Crippen LogP) is 2.16. The zero-order chi connectivity index (χ0) is 16.7. The Hall–Kier alpha value is -1.66. The lowest BCUT2D eigenvalue weighted by atomic mass is 10.1. The molecule has 6 heteroatoms. The molecule has 1 fully saturated rings. The largest absolute Gasteiger partial charge is 0.375 e. The summed E-state index contributed by atoms with van der Waals surface area (Å²) in [5.41, 5.74) is 10.2. The highest BCUT2D eigenvalue weighted by molar-refractivity contribution is 7.80. The zero-order valence-electron chi connectivity index (χ0n) is 14.0. The summed E-state index contributed by atoms with van der Waals surface area (Å²) in [5, 5.41) is 4.14. The van der Waals surface area contributed by atoms with Crippen molar-refractivity contribution in [2.75, 3.05) is 31.1 Å². The van der Waals surface area contributed by atoms with Gasteiger partial charge in [0.1, 0.15) is 0 Å². The minimum Gasteiger partial charge on any atom is -0.375 e. The maximum absolute atomic E-state index is 5.33. The molecule has 1 aliphatic rings. The van der Waals surface area contributed by atoms with Crippen LogP contribution in [0.25, 0.3) is 0 Å². The van der Waals surface area contributed by atoms with Gasteiger partial charge in [-0.1, -0.05) is 26.0 Å². The van der Waals surface area contributed by atoms with Gasteiger partial charge < -0.3 is 10.6 Å². The Morgan fingerprint density at radius 2 is 1.83 bits per heavy atom. The van der Waals surface area contributed by atoms with Crippen molar-refractivity contribution >= 4 is 29.2 Å². The van der Waals surface area contributed by atoms with Crippen LogP contribution < -0.4 is 16.1 Å². The van der Waals surface area contributed by atoms with E-state index in [2.05, 4.69) is 58.4 Å². The number of hydrogen-bond donors (Lipinski definition) is 2. The van der Waals surface area contributed by atoms with Crippen molar-refractivity contribution in [3.8, 4) is 0 Å². The summed E-state index contributed by atoms with van der Waals surface area (Å²) in [6, 6.07) is 9.15. The molecule has 1 aromatic carbocycles. The number of nitrogens with zero attached hydrogens (tertiary/aromatic N) is 3. The number of piperazine rings is 1. The molecule has 0 saturated carbocycles. The Labute approximate surface area is 144 Å². The zero-order valence-corrected chi connectivity index (χ0v) is 14.9. The van der Waals surface area contributed by atoms with E-state index < -0.39 is 0 Å². The molecule has 0 atom stereocenters. The smallest absolute Gasteiger partial charge is 0.184 e. The molecule has 1 aromatic rings. The van der Waals surface area contributed by atoms with Crippen molar-refractivity contribution in [1.82, 2.24) is 10.3 Å². The maximum Gasteiger partial charge on any atom is 0.184 e. The van der Waals surface area contributed by atoms with Crippen LogP contribution >= 0.6 is 12.2 Å². The van der Waals surface area contributed by atoms with Crippen LogP contribution in [-0.4, -0.2) is 48.4 Å². The first-order valence-electron chi connectivity index (χ1n) is 8.31. The Morgan fingerprint density at radius 3 is 2.35 bits per heavy atom. The molecular weight excluding hydrogens is 306 g/mol. The lowest BCUT2D eigenvalue weighted by Crippen LogP contribution is -2.50. The lowest BCUT2D eigenvalue weighted by molar-refractivity contribution is 0.175. The van der Waals surface area contributed by atoms with Crippen LogP contribution in [0.2, 0.25) is 0 Å². The number of rotatable bonds is 6. The third-order valence-corrected chi connectivity index (χ3v) is 4.51. The van der Waals surface area contributed by atoms with E-state index in [1.807, 2.05) is 0 Å². The van der Waals surface area contributed by atoms with Gasteiger partial charge in [-0.2, -0.15) is 5.10 Å². The van der Waals surface area contributed by atoms with Crippen molar-refractivity contribution in [2.45, 2.75) is 32.7 Å². The summed E-state index contributed by atoms with van der Waals surface area (Å²) >= 11 is 4.70. The number of anilines is 1. The molecule has 0 spiro atoms. The first-order valence-corrected chi connectivity index (χ1v) is 8.72. The third kappa shape index (κ3) is 5.18. The molecule has 0 unspecified atom stereocenters. The summed E-state index contributed by atoms with van der Waals surface area (Å²) < 4.78 is 0. The van der Waals surface area contributed by atoms with Crippen molar-refractivity contribution in [1.29, 1.82) is 0 Å². The molecule has 1 aliphatic heterocycles. The standard InChI is InChI=1S/C17H27N5S/c1-3-15(4-2)21-9-11-22(12-10-21)16-7-5-14(6-8-16)13-19-20-17(18)23/h5-8,13,15H,3-4,9-12H2,1-2H3,(H3,18,20,23)/b19-13+. The fourth-order valence-corrected chi connectivity index (χ4v) is 3.14. The van der Waals surface area contributed by atoms with Crippen molar-refractivity contribution < 1.29 is 0 Å². The number of hydrazone groups is 1. The Bertz CT molecular complexity index is 516. The second-order valence-electron chi connectivity index (χ2n) is 5.82. The molecule has 1 saturated heterocycles. The molecule has 3 N–H and O–H groups in total. The maximum atomic E-state index is 5.33. The SMILES string of the molecule is CCC(CC)N1CCN(c2ccc(/C=N/NC(N)=S)cc2)CC1. The summed E-state index contributed by atoms with van der Waals surface area (Å²) in [6.45, 7) is 9.04. The second-order valence-corrected chi connectivity index (χ2v) is 6.26. The Morgan fingerprint density at radius 1 is 1.22 bits per heavy atom. The van der Waals surface area contributed by atoms with E-state index >= 15 is 0 Å². The summed E-state index contributed by atoms with van der Waals surface area (Å²) in [4.78, 5) is 5.08. The van der Waals surface area contributed by atoms with Crippen molar-refractivity contribution in [3.63, 3.8) is 0 Å². The van der Waals surface area contributed by atoms with Crippen LogP contribution in [0.3, 0.4) is 0 Å². The minimum atomic E-state index is 0.174. The second kappa shape index (κ2) is 8.84. The number of thiocarbonyl (C=S) groups is 1. The van der Waals surface area contributed by atoms with E-state index in [1.165, 1.54) is 18.5 Å². The van der Waals surface area contributed by atoms with E-state index in [1.54, 1.807) is 6.21 Å². The summed E-state index contributed by atoms with van der Waals surface area (Å²) in [6.07, 6.45) is 4.20. The molecule has 0 aliphatic carbocycles. The van der Waals surface area contributed by atoms with E-state index in [0.717, 1.165) is 37.8 Å². The topological polar surface area (TPSA) is 56.9 Å². The van der Waals surface area contributed by atoms with E-state index in [9.17, 15) is 0 Å². The fraction of sp³-hybridized carbons (Fsp3) is 0.529. The van der Waals surface area contributed by atoms with Gasteiger partial charge in [0.2, 0.25) is 0 Å². The highest BCUT2D eigenvalue weighted by atomic mass is 32.1. The van der Waals surface area contributed by atoms with Gasteiger partial charge in [-0.3, -0.25) is 10.3 Å². The average Bonchev–Trinajstić information content (AvgIpc) is 2.57. The molecule has 23 heavy (non-hydrogen) atoms.